The van der Waals surface area contributed by atoms with Crippen molar-refractivity contribution in [1.29, 1.82) is 0 Å². The summed E-state index contributed by atoms with van der Waals surface area (Å²) < 4.78 is 15.2. The minimum atomic E-state index is -1.48. The number of aliphatic hydroxyl groups excluding tert-OH is 1. The molecular weight excluding hydrogens is 726 g/mol. The third kappa shape index (κ3) is 12.8. The molecule has 0 unspecified atom stereocenters. The summed E-state index contributed by atoms with van der Waals surface area (Å²) in [4.78, 5) is 129. The average Bonchev–Trinajstić information content (AvgIpc) is 3.62. The molecule has 54 heavy (non-hydrogen) atoms. The van der Waals surface area contributed by atoms with Gasteiger partial charge in [0.15, 0.2) is 0 Å². The molecule has 5 rings (SSSR count). The first-order valence-electron chi connectivity index (χ1n) is 17.0. The van der Waals surface area contributed by atoms with Crippen LogP contribution >= 0.6 is 0 Å². The summed E-state index contributed by atoms with van der Waals surface area (Å²) in [6.07, 6.45) is -3.48. The molecule has 0 radical (unpaired) electrons. The van der Waals surface area contributed by atoms with Gasteiger partial charge in [0.25, 0.3) is 35.4 Å². The molecule has 5 fully saturated rings. The van der Waals surface area contributed by atoms with Crippen LogP contribution in [0, 0.1) is 11.8 Å². The standard InChI is InChI=1S/C14H20N2O7.C9H8N2O7.C9H17NO3/c1-14(2,3)22-12(19)15-6-9(7-15)8-21-13(20)23-16-10(17)4-5-11(16)18;12-5-1-2-6(13)10(5)17-9(16)18-11-7(14)3-4-8(11)15;1-9(2,3)13-8(12)10-4-7(5-10)6-11/h9H,4-8H2,1-3H3;1-4H2;7,11H,4-6H2,1-3H3. The SMILES string of the molecule is CC(C)(C)OC(=O)N1CC(CO)C1.CC(C)(C)OC(=O)N1CC(COC(=O)ON2C(=O)CCC2=O)C1.O=C(ON1C(=O)CCC1=O)ON1C(=O)CCC1=O. The van der Waals surface area contributed by atoms with Gasteiger partial charge in [-0.3, -0.25) is 43.3 Å². The summed E-state index contributed by atoms with van der Waals surface area (Å²) in [7, 11) is 0. The predicted molar refractivity (Wildman–Crippen MR) is 173 cm³/mol. The van der Waals surface area contributed by atoms with Crippen molar-refractivity contribution >= 4 is 59.9 Å². The second-order valence-corrected chi connectivity index (χ2v) is 14.5. The van der Waals surface area contributed by atoms with Crippen LogP contribution in [0.25, 0.3) is 0 Å². The van der Waals surface area contributed by atoms with Crippen LogP contribution in [0.3, 0.4) is 0 Å². The summed E-state index contributed by atoms with van der Waals surface area (Å²) in [6.45, 7) is 13.1. The van der Waals surface area contributed by atoms with E-state index in [0.717, 1.165) is 0 Å². The van der Waals surface area contributed by atoms with E-state index in [-0.39, 0.29) is 79.8 Å². The Hall–Kier alpha value is -5.54. The fourth-order valence-electron chi connectivity index (χ4n) is 4.74. The zero-order valence-electron chi connectivity index (χ0n) is 30.9. The van der Waals surface area contributed by atoms with E-state index in [1.54, 1.807) is 25.7 Å². The number of carbonyl (C=O) groups excluding carboxylic acids is 10. The molecule has 22 heteroatoms. The smallest absolute Gasteiger partial charge is 0.444 e. The van der Waals surface area contributed by atoms with E-state index in [1.807, 2.05) is 20.8 Å². The lowest BCUT2D eigenvalue weighted by Gasteiger charge is -2.39. The number of hydroxylamine groups is 6. The fraction of sp³-hybridized carbons (Fsp3) is 0.688. The van der Waals surface area contributed by atoms with Gasteiger partial charge < -0.3 is 29.1 Å². The molecule has 0 saturated carbocycles. The van der Waals surface area contributed by atoms with Crippen molar-refractivity contribution < 1.29 is 81.8 Å². The second-order valence-electron chi connectivity index (χ2n) is 14.5. The third-order valence-electron chi connectivity index (χ3n) is 7.43. The lowest BCUT2D eigenvalue weighted by atomic mass is 10.0. The highest BCUT2D eigenvalue weighted by molar-refractivity contribution is 6.03. The molecule has 0 aliphatic carbocycles. The first-order valence-corrected chi connectivity index (χ1v) is 17.0. The van der Waals surface area contributed by atoms with Gasteiger partial charge in [0, 0.05) is 83.1 Å². The van der Waals surface area contributed by atoms with Crippen molar-refractivity contribution in [1.82, 2.24) is 25.0 Å². The van der Waals surface area contributed by atoms with Crippen LogP contribution in [-0.2, 0) is 57.5 Å². The zero-order valence-corrected chi connectivity index (χ0v) is 30.9. The van der Waals surface area contributed by atoms with Crippen LogP contribution in [0.15, 0.2) is 0 Å². The maximum absolute atomic E-state index is 11.7. The molecule has 300 valence electrons. The Balaban J connectivity index is 0.000000227. The molecule has 0 atom stereocenters. The van der Waals surface area contributed by atoms with Crippen molar-refractivity contribution in [2.45, 2.75) is 91.3 Å². The van der Waals surface area contributed by atoms with Crippen LogP contribution in [0.2, 0.25) is 0 Å². The molecule has 5 aliphatic heterocycles. The van der Waals surface area contributed by atoms with Crippen LogP contribution < -0.4 is 0 Å². The number of ether oxygens (including phenoxy) is 3. The van der Waals surface area contributed by atoms with Gasteiger partial charge >= 0.3 is 24.5 Å². The number of likely N-dealkylation sites (tertiary alicyclic amines) is 2. The summed E-state index contributed by atoms with van der Waals surface area (Å²) in [5.74, 6) is -3.65. The zero-order chi connectivity index (χ0) is 40.5. The monoisotopic (exact) mass is 771 g/mol. The van der Waals surface area contributed by atoms with Crippen LogP contribution in [-0.4, -0.2) is 141 Å². The van der Waals surface area contributed by atoms with Crippen LogP contribution in [0.5, 0.6) is 0 Å². The van der Waals surface area contributed by atoms with Gasteiger partial charge in [-0.1, -0.05) is 15.2 Å². The Morgan fingerprint density at radius 3 is 1.13 bits per heavy atom. The first-order chi connectivity index (χ1) is 25.1. The van der Waals surface area contributed by atoms with E-state index >= 15 is 0 Å². The molecular formula is C32H45N5O17. The lowest BCUT2D eigenvalue weighted by molar-refractivity contribution is -0.198. The van der Waals surface area contributed by atoms with Crippen molar-refractivity contribution in [3.05, 3.63) is 0 Å². The Bertz CT molecular complexity index is 1420. The highest BCUT2D eigenvalue weighted by Crippen LogP contribution is 2.21. The highest BCUT2D eigenvalue weighted by Gasteiger charge is 2.39. The normalized spacial score (nSPS) is 19.0. The maximum Gasteiger partial charge on any atom is 0.560 e. The van der Waals surface area contributed by atoms with Crippen molar-refractivity contribution in [3.8, 4) is 0 Å². The largest absolute Gasteiger partial charge is 0.560 e. The van der Waals surface area contributed by atoms with Gasteiger partial charge in [-0.25, -0.2) is 14.4 Å². The number of hydrogen-bond acceptors (Lipinski definition) is 17. The molecule has 5 aliphatic rings. The van der Waals surface area contributed by atoms with E-state index in [1.165, 1.54) is 4.90 Å². The Kier molecular flexibility index (Phi) is 14.3. The second kappa shape index (κ2) is 18.0. The molecule has 5 heterocycles. The number of rotatable bonds is 6. The van der Waals surface area contributed by atoms with E-state index < -0.39 is 65.0 Å². The fourth-order valence-corrected chi connectivity index (χ4v) is 4.74. The van der Waals surface area contributed by atoms with E-state index in [9.17, 15) is 47.9 Å². The Labute approximate surface area is 309 Å². The molecule has 0 spiro atoms. The lowest BCUT2D eigenvalue weighted by Crippen LogP contribution is -2.53. The maximum atomic E-state index is 11.7. The average molecular weight is 772 g/mol. The van der Waals surface area contributed by atoms with Gasteiger partial charge in [0.05, 0.1) is 0 Å². The first kappa shape index (κ1) is 42.9. The summed E-state index contributed by atoms with van der Waals surface area (Å²) in [6, 6.07) is 0. The van der Waals surface area contributed by atoms with E-state index in [4.69, 9.17) is 19.3 Å². The number of nitrogens with zero attached hydrogens (tertiary/aromatic N) is 5. The molecule has 5 saturated heterocycles. The summed E-state index contributed by atoms with van der Waals surface area (Å²) in [5, 5.41) is 9.68. The van der Waals surface area contributed by atoms with Gasteiger partial charge in [-0.05, 0) is 41.5 Å². The molecule has 1 N–H and O–H groups in total. The van der Waals surface area contributed by atoms with Gasteiger partial charge in [0.2, 0.25) is 0 Å². The quantitative estimate of drug-likeness (QED) is 0.226. The Morgan fingerprint density at radius 2 is 0.833 bits per heavy atom. The van der Waals surface area contributed by atoms with E-state index in [2.05, 4.69) is 14.5 Å². The predicted octanol–water partition coefficient (Wildman–Crippen LogP) is 1.18. The van der Waals surface area contributed by atoms with Crippen molar-refractivity contribution in [3.63, 3.8) is 0 Å². The molecule has 8 amide bonds. The van der Waals surface area contributed by atoms with Crippen molar-refractivity contribution in [2.24, 2.45) is 11.8 Å². The number of carbonyl (C=O) groups is 10. The number of hydrogen-bond donors (Lipinski definition) is 1. The minimum absolute atomic E-state index is 0.0274. The van der Waals surface area contributed by atoms with Crippen LogP contribution in [0.1, 0.15) is 80.1 Å². The van der Waals surface area contributed by atoms with E-state index in [0.29, 0.717) is 31.2 Å². The van der Waals surface area contributed by atoms with Crippen LogP contribution in [0.4, 0.5) is 19.2 Å². The number of aliphatic hydroxyl groups is 1. The molecule has 0 aromatic heterocycles. The highest BCUT2D eigenvalue weighted by atomic mass is 16.9. The molecule has 0 aromatic carbocycles. The number of imide groups is 3. The van der Waals surface area contributed by atoms with Gasteiger partial charge in [-0.15, -0.1) is 0 Å². The minimum Gasteiger partial charge on any atom is -0.444 e. The topological polar surface area (TPSA) is 263 Å². The van der Waals surface area contributed by atoms with Crippen molar-refractivity contribution in [2.75, 3.05) is 39.4 Å². The summed E-state index contributed by atoms with van der Waals surface area (Å²) >= 11 is 0. The summed E-state index contributed by atoms with van der Waals surface area (Å²) in [5.41, 5.74) is -0.987. The molecule has 0 bridgehead atoms. The van der Waals surface area contributed by atoms with Gasteiger partial charge in [0.1, 0.15) is 17.8 Å². The molecule has 22 nitrogen and oxygen atoms in total. The molecule has 0 aromatic rings. The third-order valence-corrected chi connectivity index (χ3v) is 7.43. The Morgan fingerprint density at radius 1 is 0.537 bits per heavy atom. The number of amides is 8. The van der Waals surface area contributed by atoms with Gasteiger partial charge in [-0.2, -0.15) is 4.79 Å².